The smallest absolute Gasteiger partial charge is 0.165 e. The number of benzene rings is 2. The number of rotatable bonds is 6. The van der Waals surface area contributed by atoms with Gasteiger partial charge in [-0.2, -0.15) is 14.9 Å². The van der Waals surface area contributed by atoms with E-state index in [1.165, 1.54) is 29.7 Å². The van der Waals surface area contributed by atoms with Crippen LogP contribution in [0.2, 0.25) is 5.02 Å². The summed E-state index contributed by atoms with van der Waals surface area (Å²) in [6, 6.07) is 16.4. The average molecular weight is 520 g/mol. The second kappa shape index (κ2) is 9.65. The number of ether oxygens (including phenoxy) is 1. The molecular weight excluding hydrogens is 493 g/mol. The summed E-state index contributed by atoms with van der Waals surface area (Å²) in [5.74, 6) is 1.89. The molecule has 4 aromatic rings. The Kier molecular flexibility index (Phi) is 6.55. The number of hydrogen-bond acceptors (Lipinski definition) is 5. The first-order valence-electron chi connectivity index (χ1n) is 12.1. The summed E-state index contributed by atoms with van der Waals surface area (Å²) in [6.07, 6.45) is 5.45. The van der Waals surface area contributed by atoms with Gasteiger partial charge < -0.3 is 9.64 Å². The van der Waals surface area contributed by atoms with E-state index in [-0.39, 0.29) is 12.4 Å². The Morgan fingerprint density at radius 3 is 2.61 bits per heavy atom. The van der Waals surface area contributed by atoms with Crippen molar-refractivity contribution in [2.45, 2.75) is 51.6 Å². The number of hydrogen-bond donors (Lipinski definition) is 0. The Bertz CT molecular complexity index is 1490. The van der Waals surface area contributed by atoms with Crippen molar-refractivity contribution in [2.75, 3.05) is 12.0 Å². The molecule has 2 heterocycles. The molecule has 6 rings (SSSR count). The topological polar surface area (TPSA) is 66.5 Å². The molecule has 0 amide bonds. The van der Waals surface area contributed by atoms with Crippen LogP contribution in [0.3, 0.4) is 0 Å². The molecule has 0 saturated heterocycles. The van der Waals surface area contributed by atoms with Crippen LogP contribution in [0.5, 0.6) is 5.75 Å². The molecule has 2 aliphatic rings. The van der Waals surface area contributed by atoms with Gasteiger partial charge in [0.05, 0.1) is 35.0 Å². The van der Waals surface area contributed by atoms with E-state index in [1.54, 1.807) is 7.11 Å². The summed E-state index contributed by atoms with van der Waals surface area (Å²) in [6.45, 7) is 2.81. The molecule has 1 fully saturated rings. The van der Waals surface area contributed by atoms with Gasteiger partial charge in [0.15, 0.2) is 5.65 Å². The highest BCUT2D eigenvalue weighted by atomic mass is 35.5. The third kappa shape index (κ3) is 4.17. The van der Waals surface area contributed by atoms with Gasteiger partial charge in [-0.3, -0.25) is 0 Å². The van der Waals surface area contributed by atoms with Crippen molar-refractivity contribution >= 4 is 35.5 Å². The molecule has 0 unspecified atom stereocenters. The standard InChI is InChI=1S/C28H26ClN5O.ClH/c1-17-26(22-13-12-21(35-2)14-24(22)29)27-31-25-5-3-4-23(25)28(34(27)32-17)33(20-10-11-20)16-19-8-6-18(15-30)7-9-19;/h6-9,12-14,20H,3-5,10-11,16H2,1-2H3;1H. The fraction of sp³-hybridized carbons (Fsp3) is 0.321. The van der Waals surface area contributed by atoms with E-state index in [0.717, 1.165) is 59.8 Å². The van der Waals surface area contributed by atoms with Crippen molar-refractivity contribution in [3.63, 3.8) is 0 Å². The summed E-state index contributed by atoms with van der Waals surface area (Å²) in [7, 11) is 1.64. The first kappa shape index (κ1) is 24.4. The van der Waals surface area contributed by atoms with Crippen LogP contribution in [0.25, 0.3) is 16.8 Å². The molecule has 36 heavy (non-hydrogen) atoms. The lowest BCUT2D eigenvalue weighted by molar-refractivity contribution is 0.415. The third-order valence-electron chi connectivity index (χ3n) is 7.08. The first-order chi connectivity index (χ1) is 17.1. The molecule has 0 aliphatic heterocycles. The minimum Gasteiger partial charge on any atom is -0.497 e. The minimum atomic E-state index is 0. The van der Waals surface area contributed by atoms with E-state index in [4.69, 9.17) is 26.4 Å². The van der Waals surface area contributed by atoms with E-state index < -0.39 is 0 Å². The quantitative estimate of drug-likeness (QED) is 0.298. The maximum absolute atomic E-state index is 9.19. The summed E-state index contributed by atoms with van der Waals surface area (Å²) in [4.78, 5) is 7.64. The lowest BCUT2D eigenvalue weighted by atomic mass is 10.1. The predicted octanol–water partition coefficient (Wildman–Crippen LogP) is 6.32. The highest BCUT2D eigenvalue weighted by Crippen LogP contribution is 2.42. The Morgan fingerprint density at radius 1 is 1.17 bits per heavy atom. The zero-order chi connectivity index (χ0) is 24.1. The molecule has 0 bridgehead atoms. The number of nitrogens with zero attached hydrogens (tertiary/aromatic N) is 5. The second-order valence-corrected chi connectivity index (χ2v) is 9.83. The maximum atomic E-state index is 9.19. The SMILES string of the molecule is COc1ccc(-c2c(C)nn3c(N(Cc4ccc(C#N)cc4)C4CC4)c4c(nc23)CCC4)c(Cl)c1.Cl. The summed E-state index contributed by atoms with van der Waals surface area (Å²) >= 11 is 6.71. The molecule has 0 spiro atoms. The lowest BCUT2D eigenvalue weighted by Crippen LogP contribution is -2.29. The van der Waals surface area contributed by atoms with E-state index in [2.05, 4.69) is 27.6 Å². The van der Waals surface area contributed by atoms with Gasteiger partial charge >= 0.3 is 0 Å². The molecular formula is C28H27Cl2N5O. The van der Waals surface area contributed by atoms with E-state index >= 15 is 0 Å². The summed E-state index contributed by atoms with van der Waals surface area (Å²) in [5.41, 5.74) is 8.01. The van der Waals surface area contributed by atoms with Crippen LogP contribution >= 0.6 is 24.0 Å². The third-order valence-corrected chi connectivity index (χ3v) is 7.39. The Labute approximate surface area is 221 Å². The second-order valence-electron chi connectivity index (χ2n) is 9.42. The van der Waals surface area contributed by atoms with Crippen molar-refractivity contribution in [3.8, 4) is 22.9 Å². The monoisotopic (exact) mass is 519 g/mol. The summed E-state index contributed by atoms with van der Waals surface area (Å²) < 4.78 is 7.41. The van der Waals surface area contributed by atoms with Crippen molar-refractivity contribution < 1.29 is 4.74 Å². The zero-order valence-corrected chi connectivity index (χ0v) is 21.9. The number of nitriles is 1. The van der Waals surface area contributed by atoms with Crippen molar-refractivity contribution in [1.82, 2.24) is 14.6 Å². The maximum Gasteiger partial charge on any atom is 0.165 e. The van der Waals surface area contributed by atoms with Crippen LogP contribution in [0.15, 0.2) is 42.5 Å². The molecule has 184 valence electrons. The highest BCUT2D eigenvalue weighted by molar-refractivity contribution is 6.33. The molecule has 2 aliphatic carbocycles. The molecule has 0 radical (unpaired) electrons. The first-order valence-corrected chi connectivity index (χ1v) is 12.5. The normalized spacial score (nSPS) is 14.3. The van der Waals surface area contributed by atoms with Crippen molar-refractivity contribution in [3.05, 3.63) is 75.6 Å². The predicted molar refractivity (Wildman–Crippen MR) is 144 cm³/mol. The fourth-order valence-electron chi connectivity index (χ4n) is 5.19. The van der Waals surface area contributed by atoms with Crippen LogP contribution in [-0.2, 0) is 19.4 Å². The number of fused-ring (bicyclic) bond motifs is 2. The van der Waals surface area contributed by atoms with Crippen LogP contribution < -0.4 is 9.64 Å². The van der Waals surface area contributed by atoms with E-state index in [1.807, 2.05) is 37.3 Å². The molecule has 0 atom stereocenters. The molecule has 6 nitrogen and oxygen atoms in total. The summed E-state index contributed by atoms with van der Waals surface area (Å²) in [5, 5.41) is 14.8. The van der Waals surface area contributed by atoms with Gasteiger partial charge in [0.1, 0.15) is 11.6 Å². The number of methoxy groups -OCH3 is 1. The van der Waals surface area contributed by atoms with Gasteiger partial charge in [0, 0.05) is 29.4 Å². The fourth-order valence-corrected chi connectivity index (χ4v) is 5.46. The van der Waals surface area contributed by atoms with Crippen LogP contribution in [0.1, 0.15) is 47.3 Å². The van der Waals surface area contributed by atoms with Gasteiger partial charge in [-0.25, -0.2) is 4.98 Å². The van der Waals surface area contributed by atoms with Gasteiger partial charge in [0.25, 0.3) is 0 Å². The Hall–Kier alpha value is -3.27. The molecule has 2 aromatic heterocycles. The number of halogens is 2. The largest absolute Gasteiger partial charge is 0.497 e. The number of aromatic nitrogens is 3. The van der Waals surface area contributed by atoms with Gasteiger partial charge in [-0.15, -0.1) is 12.4 Å². The number of anilines is 1. The van der Waals surface area contributed by atoms with Crippen LogP contribution in [-0.4, -0.2) is 27.7 Å². The number of aryl methyl sites for hydroxylation is 2. The van der Waals surface area contributed by atoms with Crippen molar-refractivity contribution in [1.29, 1.82) is 5.26 Å². The lowest BCUT2D eigenvalue weighted by Gasteiger charge is -2.27. The minimum absolute atomic E-state index is 0. The molecule has 1 saturated carbocycles. The average Bonchev–Trinajstić information content (AvgIpc) is 3.52. The zero-order valence-electron chi connectivity index (χ0n) is 20.3. The Morgan fingerprint density at radius 2 is 1.94 bits per heavy atom. The van der Waals surface area contributed by atoms with Crippen LogP contribution in [0, 0.1) is 18.3 Å². The van der Waals surface area contributed by atoms with E-state index in [0.29, 0.717) is 16.6 Å². The Balaban J connectivity index is 0.00000267. The highest BCUT2D eigenvalue weighted by Gasteiger charge is 2.35. The molecule has 8 heteroatoms. The van der Waals surface area contributed by atoms with Crippen LogP contribution in [0.4, 0.5) is 5.82 Å². The molecule has 2 aromatic carbocycles. The van der Waals surface area contributed by atoms with Gasteiger partial charge in [-0.05, 0) is 74.9 Å². The molecule has 0 N–H and O–H groups in total. The van der Waals surface area contributed by atoms with Gasteiger partial charge in [0.2, 0.25) is 0 Å². The van der Waals surface area contributed by atoms with Gasteiger partial charge in [-0.1, -0.05) is 23.7 Å². The van der Waals surface area contributed by atoms with E-state index in [9.17, 15) is 5.26 Å². The van der Waals surface area contributed by atoms with Crippen molar-refractivity contribution in [2.24, 2.45) is 0 Å².